The SMILES string of the molecule is CCC(/C=C(\C)[C@H](OC(=O)C(OC)(c1ccccc1)C(F)(F)F)[C@](C)(O)CCCC(C)C(=O)[C@@]1(O)C(=O)N[C@]2(O)CCO[C@H]12)C(=O)OC. The Bertz CT molecular complexity index is 1380. The van der Waals surface area contributed by atoms with Gasteiger partial charge in [0.25, 0.3) is 11.5 Å². The highest BCUT2D eigenvalue weighted by molar-refractivity contribution is 6.12. The third-order valence-corrected chi connectivity index (χ3v) is 9.18. The standard InChI is InChI=1S/C33H44F3NO11/c1-7-21(25(39)45-5)18-20(3)24(48-28(41)32(46-6,33(34,35)36)22-13-9-8-10-14-22)29(4,42)15-11-12-19(2)23(38)31(44)26-30(43,16-17-47-26)37-27(31)40/h8-10,13-14,18-19,21,24,26,42-44H,7,11-12,15-17H2,1-6H3,(H,37,40)/b20-18+/t19?,21?,24-,26-,29+,30-,31-,32?/m0/s1. The molecule has 0 spiro atoms. The Hall–Kier alpha value is -3.37. The highest BCUT2D eigenvalue weighted by Crippen LogP contribution is 2.44. The molecule has 0 radical (unpaired) electrons. The van der Waals surface area contributed by atoms with Crippen molar-refractivity contribution in [3.63, 3.8) is 0 Å². The number of carbonyl (C=O) groups is 4. The predicted molar refractivity (Wildman–Crippen MR) is 162 cm³/mol. The number of hydrogen-bond acceptors (Lipinski definition) is 11. The second kappa shape index (κ2) is 14.6. The molecule has 0 aromatic heterocycles. The van der Waals surface area contributed by atoms with Gasteiger partial charge in [0.2, 0.25) is 5.60 Å². The number of alkyl halides is 3. The maximum Gasteiger partial charge on any atom is 0.432 e. The summed E-state index contributed by atoms with van der Waals surface area (Å²) in [6.07, 6.45) is -7.33. The Morgan fingerprint density at radius 3 is 2.33 bits per heavy atom. The van der Waals surface area contributed by atoms with Crippen LogP contribution < -0.4 is 5.32 Å². The first-order valence-electron chi connectivity index (χ1n) is 15.6. The fourth-order valence-electron chi connectivity index (χ4n) is 6.45. The maximum atomic E-state index is 14.7. The van der Waals surface area contributed by atoms with Crippen LogP contribution in [0.1, 0.15) is 65.4 Å². The smallest absolute Gasteiger partial charge is 0.432 e. The highest BCUT2D eigenvalue weighted by atomic mass is 19.4. The molecular formula is C33H44F3NO11. The van der Waals surface area contributed by atoms with Crippen molar-refractivity contribution in [2.24, 2.45) is 11.8 Å². The molecule has 0 bridgehead atoms. The molecule has 4 N–H and O–H groups in total. The summed E-state index contributed by atoms with van der Waals surface area (Å²) >= 11 is 0. The van der Waals surface area contributed by atoms with Gasteiger partial charge < -0.3 is 39.6 Å². The molecule has 2 saturated heterocycles. The van der Waals surface area contributed by atoms with E-state index in [4.69, 9.17) is 18.9 Å². The van der Waals surface area contributed by atoms with Crippen molar-refractivity contribution in [2.45, 2.75) is 101 Å². The first kappa shape index (κ1) is 39.1. The molecule has 48 heavy (non-hydrogen) atoms. The second-order valence-electron chi connectivity index (χ2n) is 12.6. The number of carbonyl (C=O) groups excluding carboxylic acids is 4. The molecule has 2 aliphatic rings. The normalized spacial score (nSPS) is 27.1. The van der Waals surface area contributed by atoms with Gasteiger partial charge in [0.1, 0.15) is 11.7 Å². The zero-order valence-electron chi connectivity index (χ0n) is 27.8. The molecule has 1 aromatic rings. The van der Waals surface area contributed by atoms with Crippen molar-refractivity contribution in [1.82, 2.24) is 5.32 Å². The number of ether oxygens (including phenoxy) is 4. The average Bonchev–Trinajstić information content (AvgIpc) is 3.50. The zero-order chi connectivity index (χ0) is 36.3. The van der Waals surface area contributed by atoms with Crippen LogP contribution in [0, 0.1) is 11.8 Å². The number of nitrogens with one attached hydrogen (secondary N) is 1. The summed E-state index contributed by atoms with van der Waals surface area (Å²) in [6, 6.07) is 6.13. The van der Waals surface area contributed by atoms with Crippen molar-refractivity contribution < 1.29 is 66.6 Å². The summed E-state index contributed by atoms with van der Waals surface area (Å²) in [7, 11) is 1.86. The van der Waals surface area contributed by atoms with Gasteiger partial charge >= 0.3 is 18.1 Å². The number of Topliss-reactive ketones (excluding diaryl/α,β-unsaturated/α-hetero) is 1. The van der Waals surface area contributed by atoms with Crippen molar-refractivity contribution in [3.8, 4) is 0 Å². The minimum Gasteiger partial charge on any atom is -0.469 e. The fraction of sp³-hybridized carbons (Fsp3) is 0.636. The van der Waals surface area contributed by atoms with Gasteiger partial charge in [-0.2, -0.15) is 13.2 Å². The third kappa shape index (κ3) is 7.15. The summed E-state index contributed by atoms with van der Waals surface area (Å²) in [4.78, 5) is 51.9. The lowest BCUT2D eigenvalue weighted by Crippen LogP contribution is -2.56. The Balaban J connectivity index is 1.91. The molecule has 2 aliphatic heterocycles. The molecule has 15 heteroatoms. The Morgan fingerprint density at radius 2 is 1.79 bits per heavy atom. The summed E-state index contributed by atoms with van der Waals surface area (Å²) in [5, 5.41) is 35.6. The van der Waals surface area contributed by atoms with Crippen molar-refractivity contribution in [2.75, 3.05) is 20.8 Å². The van der Waals surface area contributed by atoms with E-state index in [1.807, 2.05) is 0 Å². The number of methoxy groups -OCH3 is 2. The average molecular weight is 688 g/mol. The van der Waals surface area contributed by atoms with Gasteiger partial charge in [-0.05, 0) is 45.1 Å². The second-order valence-corrected chi connectivity index (χ2v) is 12.6. The maximum absolute atomic E-state index is 14.7. The first-order chi connectivity index (χ1) is 22.3. The lowest BCUT2D eigenvalue weighted by atomic mass is 9.80. The fourth-order valence-corrected chi connectivity index (χ4v) is 6.45. The summed E-state index contributed by atoms with van der Waals surface area (Å²) < 4.78 is 64.5. The molecule has 268 valence electrons. The van der Waals surface area contributed by atoms with E-state index in [0.29, 0.717) is 7.11 Å². The number of benzene rings is 1. The summed E-state index contributed by atoms with van der Waals surface area (Å²) in [5.41, 5.74) is -10.7. The van der Waals surface area contributed by atoms with Crippen LogP contribution in [0.25, 0.3) is 0 Å². The number of ketones is 1. The molecule has 0 saturated carbocycles. The van der Waals surface area contributed by atoms with Gasteiger partial charge in [0.05, 0.1) is 19.6 Å². The number of hydrogen-bond donors (Lipinski definition) is 4. The number of fused-ring (bicyclic) bond motifs is 1. The van der Waals surface area contributed by atoms with Gasteiger partial charge in [-0.1, -0.05) is 50.3 Å². The molecule has 8 atom stereocenters. The van der Waals surface area contributed by atoms with E-state index in [9.17, 15) is 47.7 Å². The van der Waals surface area contributed by atoms with Gasteiger partial charge in [-0.15, -0.1) is 0 Å². The van der Waals surface area contributed by atoms with E-state index >= 15 is 0 Å². The Labute approximate surface area is 276 Å². The molecule has 1 aromatic carbocycles. The van der Waals surface area contributed by atoms with E-state index in [-0.39, 0.29) is 44.3 Å². The molecule has 3 rings (SSSR count). The number of amides is 1. The van der Waals surface area contributed by atoms with Gasteiger partial charge in [0, 0.05) is 25.0 Å². The van der Waals surface area contributed by atoms with Crippen LogP contribution >= 0.6 is 0 Å². The molecular weight excluding hydrogens is 643 g/mol. The molecule has 0 aliphatic carbocycles. The molecule has 12 nitrogen and oxygen atoms in total. The number of rotatable bonds is 15. The highest BCUT2D eigenvalue weighted by Gasteiger charge is 2.69. The topological polar surface area (TPSA) is 178 Å². The van der Waals surface area contributed by atoms with Crippen LogP contribution in [0.3, 0.4) is 0 Å². The molecule has 2 fully saturated rings. The van der Waals surface area contributed by atoms with E-state index in [0.717, 1.165) is 19.2 Å². The Morgan fingerprint density at radius 1 is 1.17 bits per heavy atom. The van der Waals surface area contributed by atoms with E-state index in [2.05, 4.69) is 5.32 Å². The predicted octanol–water partition coefficient (Wildman–Crippen LogP) is 2.61. The lowest BCUT2D eigenvalue weighted by Gasteiger charge is -2.38. The van der Waals surface area contributed by atoms with Gasteiger partial charge in [-0.25, -0.2) is 4.79 Å². The van der Waals surface area contributed by atoms with Gasteiger partial charge in [-0.3, -0.25) is 14.4 Å². The molecule has 2 heterocycles. The van der Waals surface area contributed by atoms with Crippen molar-refractivity contribution in [1.29, 1.82) is 0 Å². The summed E-state index contributed by atoms with van der Waals surface area (Å²) in [6.45, 7) is 5.69. The quantitative estimate of drug-likeness (QED) is 0.121. The van der Waals surface area contributed by atoms with Crippen LogP contribution in [0.2, 0.25) is 0 Å². The van der Waals surface area contributed by atoms with Crippen LogP contribution in [0.15, 0.2) is 42.0 Å². The van der Waals surface area contributed by atoms with Gasteiger partial charge in [0.15, 0.2) is 17.6 Å². The van der Waals surface area contributed by atoms with Crippen LogP contribution in [0.4, 0.5) is 13.2 Å². The largest absolute Gasteiger partial charge is 0.469 e. The van der Waals surface area contributed by atoms with Crippen molar-refractivity contribution >= 4 is 23.6 Å². The van der Waals surface area contributed by atoms with Crippen LogP contribution in [0.5, 0.6) is 0 Å². The minimum atomic E-state index is -5.30. The van der Waals surface area contributed by atoms with E-state index < -0.39 is 81.9 Å². The third-order valence-electron chi connectivity index (χ3n) is 9.18. The molecule has 1 amide bonds. The number of halogens is 3. The lowest BCUT2D eigenvalue weighted by molar-refractivity contribution is -0.280. The first-order valence-corrected chi connectivity index (χ1v) is 15.6. The Kier molecular flexibility index (Phi) is 11.9. The van der Waals surface area contributed by atoms with E-state index in [1.165, 1.54) is 45.0 Å². The van der Waals surface area contributed by atoms with Crippen LogP contribution in [-0.4, -0.2) is 95.1 Å². The van der Waals surface area contributed by atoms with Crippen LogP contribution in [-0.2, 0) is 43.7 Å². The minimum absolute atomic E-state index is 0.000896. The monoisotopic (exact) mass is 687 g/mol. The number of esters is 2. The van der Waals surface area contributed by atoms with Crippen molar-refractivity contribution in [3.05, 3.63) is 47.5 Å². The zero-order valence-corrected chi connectivity index (χ0v) is 27.8. The summed E-state index contributed by atoms with van der Waals surface area (Å²) in [5.74, 6) is -6.45. The number of aliphatic hydroxyl groups is 3. The molecule has 3 unspecified atom stereocenters. The van der Waals surface area contributed by atoms with E-state index in [1.54, 1.807) is 6.92 Å².